The average molecular weight is 734 g/mol. The van der Waals surface area contributed by atoms with Crippen LogP contribution in [0.5, 0.6) is 5.75 Å². The summed E-state index contributed by atoms with van der Waals surface area (Å²) in [5.74, 6) is -0.476. The average Bonchev–Trinajstić information content (AvgIpc) is 3.38. The highest BCUT2D eigenvalue weighted by Gasteiger charge is 2.26. The Morgan fingerprint density at radius 1 is 0.776 bits per heavy atom. The summed E-state index contributed by atoms with van der Waals surface area (Å²) >= 11 is 18.8. The van der Waals surface area contributed by atoms with Crippen molar-refractivity contribution in [1.29, 1.82) is 0 Å². The number of halogens is 3. The summed E-state index contributed by atoms with van der Waals surface area (Å²) in [5, 5.41) is 11.2. The molecule has 0 radical (unpaired) electrons. The van der Waals surface area contributed by atoms with Crippen LogP contribution in [0, 0.1) is 0 Å². The van der Waals surface area contributed by atoms with E-state index < -0.39 is 16.0 Å². The van der Waals surface area contributed by atoms with Gasteiger partial charge in [-0.15, -0.1) is 0 Å². The van der Waals surface area contributed by atoms with Crippen molar-refractivity contribution in [3.05, 3.63) is 164 Å². The molecule has 0 bridgehead atoms. The lowest BCUT2D eigenvalue weighted by molar-refractivity contribution is 0.0697. The van der Waals surface area contributed by atoms with Gasteiger partial charge in [-0.1, -0.05) is 95.5 Å². The van der Waals surface area contributed by atoms with Gasteiger partial charge in [0.2, 0.25) is 10.0 Å². The van der Waals surface area contributed by atoms with E-state index in [1.807, 2.05) is 54.6 Å². The number of hydrogen-bond donors (Lipinski definition) is 2. The smallest absolute Gasteiger partial charge is 0.335 e. The van der Waals surface area contributed by atoms with Gasteiger partial charge in [0.05, 0.1) is 33.2 Å². The van der Waals surface area contributed by atoms with Gasteiger partial charge in [-0.05, 0) is 77.4 Å². The molecule has 0 aliphatic rings. The van der Waals surface area contributed by atoms with Crippen LogP contribution in [-0.2, 0) is 22.9 Å². The van der Waals surface area contributed by atoms with Crippen molar-refractivity contribution in [3.8, 4) is 5.75 Å². The second kappa shape index (κ2) is 15.1. The van der Waals surface area contributed by atoms with Crippen LogP contribution in [0.15, 0.2) is 126 Å². The molecule has 1 heterocycles. The number of aromatic carboxylic acids is 1. The number of ether oxygens (including phenoxy) is 1. The largest absolute Gasteiger partial charge is 0.493 e. The predicted molar refractivity (Wildman–Crippen MR) is 195 cm³/mol. The van der Waals surface area contributed by atoms with E-state index in [0.29, 0.717) is 23.6 Å². The van der Waals surface area contributed by atoms with Crippen molar-refractivity contribution in [1.82, 2.24) is 9.29 Å². The molecule has 0 saturated heterocycles. The molecule has 7 nitrogen and oxygen atoms in total. The highest BCUT2D eigenvalue weighted by atomic mass is 35.5. The normalized spacial score (nSPS) is 11.7. The van der Waals surface area contributed by atoms with E-state index in [9.17, 15) is 18.3 Å². The topological polar surface area (TPSA) is 97.6 Å². The van der Waals surface area contributed by atoms with Crippen molar-refractivity contribution in [2.45, 2.75) is 23.8 Å². The van der Waals surface area contributed by atoms with Gasteiger partial charge in [-0.2, -0.15) is 0 Å². The zero-order valence-electron chi connectivity index (χ0n) is 26.0. The highest BCUT2D eigenvalue weighted by molar-refractivity contribution is 7.89. The van der Waals surface area contributed by atoms with Crippen molar-refractivity contribution < 1.29 is 23.1 Å². The standard InChI is InChI=1S/C38H31Cl3N2O5S/c39-28-13-18-35-32(23-28)31(20-22-48-29-14-11-27(12-15-29)38(44)45)36(19-21-42-49(46,47)30-16-17-33(40)34(41)24-30)43(35)37(25-7-3-1-4-8-25)26-9-5-2-6-10-26/h1-18,23-24,37,42H,19-22H2,(H,44,45). The number of rotatable bonds is 13. The molecule has 1 aromatic heterocycles. The third kappa shape index (κ3) is 7.80. The van der Waals surface area contributed by atoms with Gasteiger partial charge in [-0.3, -0.25) is 0 Å². The van der Waals surface area contributed by atoms with E-state index in [1.54, 1.807) is 12.1 Å². The summed E-state index contributed by atoms with van der Waals surface area (Å²) in [6.07, 6.45) is 0.807. The number of hydrogen-bond acceptors (Lipinski definition) is 4. The van der Waals surface area contributed by atoms with Gasteiger partial charge in [0.25, 0.3) is 0 Å². The van der Waals surface area contributed by atoms with Gasteiger partial charge in [0.1, 0.15) is 5.75 Å². The molecule has 0 saturated carbocycles. The van der Waals surface area contributed by atoms with E-state index in [4.69, 9.17) is 39.5 Å². The Balaban J connectivity index is 1.43. The van der Waals surface area contributed by atoms with E-state index in [2.05, 4.69) is 33.6 Å². The second-order valence-electron chi connectivity index (χ2n) is 11.3. The lowest BCUT2D eigenvalue weighted by Crippen LogP contribution is -2.27. The monoisotopic (exact) mass is 732 g/mol. The number of fused-ring (bicyclic) bond motifs is 1. The molecule has 0 unspecified atom stereocenters. The number of carboxylic acid groups (broad SMARTS) is 1. The first kappa shape index (κ1) is 34.5. The zero-order chi connectivity index (χ0) is 34.5. The summed E-state index contributed by atoms with van der Waals surface area (Å²) in [5.41, 5.74) is 5.09. The quantitative estimate of drug-likeness (QED) is 0.123. The Morgan fingerprint density at radius 3 is 2.04 bits per heavy atom. The molecule has 2 N–H and O–H groups in total. The van der Waals surface area contributed by atoms with Crippen LogP contribution in [0.3, 0.4) is 0 Å². The molecule has 11 heteroatoms. The third-order valence-corrected chi connectivity index (χ3v) is 10.7. The Kier molecular flexibility index (Phi) is 10.6. The number of carboxylic acids is 1. The number of aromatic nitrogens is 1. The fourth-order valence-corrected chi connectivity index (χ4v) is 7.60. The number of sulfonamides is 1. The summed E-state index contributed by atoms with van der Waals surface area (Å²) < 4.78 is 37.8. The van der Waals surface area contributed by atoms with Crippen molar-refractivity contribution in [2.75, 3.05) is 13.2 Å². The van der Waals surface area contributed by atoms with Crippen LogP contribution in [0.25, 0.3) is 10.9 Å². The Morgan fingerprint density at radius 2 is 1.43 bits per heavy atom. The van der Waals surface area contributed by atoms with Crippen LogP contribution < -0.4 is 9.46 Å². The Labute approximate surface area is 299 Å². The van der Waals surface area contributed by atoms with Crippen molar-refractivity contribution in [3.63, 3.8) is 0 Å². The van der Waals surface area contributed by atoms with E-state index in [1.165, 1.54) is 30.3 Å². The minimum absolute atomic E-state index is 0.0169. The van der Waals surface area contributed by atoms with Crippen LogP contribution in [-0.4, -0.2) is 37.2 Å². The molecule has 5 aromatic carbocycles. The Bertz CT molecular complexity index is 2170. The van der Waals surface area contributed by atoms with E-state index >= 15 is 0 Å². The van der Waals surface area contributed by atoms with E-state index in [-0.39, 0.29) is 39.7 Å². The molecular weight excluding hydrogens is 703 g/mol. The third-order valence-electron chi connectivity index (χ3n) is 8.25. The lowest BCUT2D eigenvalue weighted by Gasteiger charge is -2.25. The van der Waals surface area contributed by atoms with Crippen LogP contribution in [0.1, 0.15) is 38.8 Å². The molecule has 49 heavy (non-hydrogen) atoms. The molecule has 0 amide bonds. The van der Waals surface area contributed by atoms with Gasteiger partial charge in [-0.25, -0.2) is 17.9 Å². The summed E-state index contributed by atoms with van der Waals surface area (Å²) in [6.45, 7) is 0.370. The first-order valence-corrected chi connectivity index (χ1v) is 18.1. The molecule has 0 fully saturated rings. The molecule has 6 rings (SSSR count). The summed E-state index contributed by atoms with van der Waals surface area (Å²) in [4.78, 5) is 11.3. The van der Waals surface area contributed by atoms with Crippen LogP contribution in [0.4, 0.5) is 0 Å². The predicted octanol–water partition coefficient (Wildman–Crippen LogP) is 9.08. The summed E-state index contributed by atoms with van der Waals surface area (Å²) in [6, 6.07) is 36.3. The van der Waals surface area contributed by atoms with Gasteiger partial charge < -0.3 is 14.4 Å². The Hall–Kier alpha value is -4.31. The maximum absolute atomic E-state index is 13.4. The molecule has 0 aliphatic heterocycles. The lowest BCUT2D eigenvalue weighted by atomic mass is 9.97. The SMILES string of the molecule is O=C(O)c1ccc(OCCc2c(CCNS(=O)(=O)c3ccc(Cl)c(Cl)c3)n(C(c3ccccc3)c3ccccc3)c3ccc(Cl)cc23)cc1. The molecule has 6 aromatic rings. The van der Waals surface area contributed by atoms with Gasteiger partial charge >= 0.3 is 5.97 Å². The molecular formula is C38H31Cl3N2O5S. The van der Waals surface area contributed by atoms with Crippen molar-refractivity contribution >= 4 is 61.7 Å². The van der Waals surface area contributed by atoms with Crippen molar-refractivity contribution in [2.24, 2.45) is 0 Å². The minimum Gasteiger partial charge on any atom is -0.493 e. The highest BCUT2D eigenvalue weighted by Crippen LogP contribution is 2.38. The zero-order valence-corrected chi connectivity index (χ0v) is 29.1. The fraction of sp³-hybridized carbons (Fsp3) is 0.132. The maximum Gasteiger partial charge on any atom is 0.335 e. The summed E-state index contributed by atoms with van der Waals surface area (Å²) in [7, 11) is -3.91. The second-order valence-corrected chi connectivity index (χ2v) is 14.4. The number of benzene rings is 5. The first-order valence-electron chi connectivity index (χ1n) is 15.4. The number of nitrogens with zero attached hydrogens (tertiary/aromatic N) is 1. The first-order chi connectivity index (χ1) is 23.6. The molecule has 0 aliphatic carbocycles. The number of carbonyl (C=O) groups is 1. The molecule has 0 atom stereocenters. The van der Waals surface area contributed by atoms with Gasteiger partial charge in [0, 0.05) is 41.0 Å². The van der Waals surface area contributed by atoms with Crippen LogP contribution in [0.2, 0.25) is 15.1 Å². The van der Waals surface area contributed by atoms with Gasteiger partial charge in [0.15, 0.2) is 0 Å². The molecule has 0 spiro atoms. The minimum atomic E-state index is -3.91. The fourth-order valence-electron chi connectivity index (χ4n) is 6.01. The van der Waals surface area contributed by atoms with E-state index in [0.717, 1.165) is 33.3 Å². The number of nitrogens with one attached hydrogen (secondary N) is 1. The maximum atomic E-state index is 13.4. The molecule has 250 valence electrons. The van der Waals surface area contributed by atoms with Crippen LogP contribution >= 0.6 is 34.8 Å².